The molecule has 0 amide bonds. The number of carbonyl (C=O) groups is 1. The van der Waals surface area contributed by atoms with Gasteiger partial charge in [-0.2, -0.15) is 0 Å². The Balaban J connectivity index is 3.03. The maximum absolute atomic E-state index is 11.5. The molecule has 1 aromatic rings. The maximum atomic E-state index is 11.5. The Morgan fingerprint density at radius 3 is 2.76 bits per heavy atom. The number of esters is 1. The summed E-state index contributed by atoms with van der Waals surface area (Å²) in [6.07, 6.45) is 0. The van der Waals surface area contributed by atoms with Crippen LogP contribution < -0.4 is 0 Å². The molecule has 0 aliphatic heterocycles. The minimum absolute atomic E-state index is 0.253. The Kier molecular flexibility index (Phi) is 4.03. The highest BCUT2D eigenvalue weighted by atomic mass is 16.6. The molecule has 17 heavy (non-hydrogen) atoms. The fraction of sp³-hybridized carbons (Fsp3) is 0.364. The Morgan fingerprint density at radius 2 is 2.24 bits per heavy atom. The standard InChI is InChI=1S/C11H13NO5/c1-3-17-11(14)7(2)8-4-5-10(13)9(6-8)12(15)16/h4-7,13H,3H2,1-2H3. The molecule has 0 radical (unpaired) electrons. The Labute approximate surface area is 98.0 Å². The van der Waals surface area contributed by atoms with Crippen LogP contribution in [0.3, 0.4) is 0 Å². The molecule has 92 valence electrons. The lowest BCUT2D eigenvalue weighted by molar-refractivity contribution is -0.385. The van der Waals surface area contributed by atoms with Crippen molar-refractivity contribution in [2.75, 3.05) is 6.61 Å². The number of ether oxygens (including phenoxy) is 1. The molecule has 1 aromatic carbocycles. The summed E-state index contributed by atoms with van der Waals surface area (Å²) < 4.78 is 4.82. The summed E-state index contributed by atoms with van der Waals surface area (Å²) in [6, 6.07) is 3.84. The summed E-state index contributed by atoms with van der Waals surface area (Å²) in [5.41, 5.74) is 0.0200. The zero-order valence-electron chi connectivity index (χ0n) is 9.54. The molecule has 6 heteroatoms. The van der Waals surface area contributed by atoms with Gasteiger partial charge in [-0.05, 0) is 25.5 Å². The van der Waals surface area contributed by atoms with Crippen molar-refractivity contribution in [1.29, 1.82) is 0 Å². The number of hydrogen-bond donors (Lipinski definition) is 1. The molecule has 0 spiro atoms. The number of nitro benzene ring substituents is 1. The molecule has 0 saturated heterocycles. The molecule has 0 bridgehead atoms. The highest BCUT2D eigenvalue weighted by Gasteiger charge is 2.21. The first-order chi connectivity index (χ1) is 7.97. The molecule has 1 N–H and O–H groups in total. The first kappa shape index (κ1) is 13.0. The molecule has 0 fully saturated rings. The number of phenols is 1. The van der Waals surface area contributed by atoms with Gasteiger partial charge in [0.15, 0.2) is 5.75 Å². The predicted molar refractivity (Wildman–Crippen MR) is 59.8 cm³/mol. The Morgan fingerprint density at radius 1 is 1.59 bits per heavy atom. The third-order valence-electron chi connectivity index (χ3n) is 2.34. The van der Waals surface area contributed by atoms with Gasteiger partial charge in [-0.3, -0.25) is 14.9 Å². The van der Waals surface area contributed by atoms with Crippen molar-refractivity contribution in [2.45, 2.75) is 19.8 Å². The van der Waals surface area contributed by atoms with Crippen LogP contribution in [0.25, 0.3) is 0 Å². The van der Waals surface area contributed by atoms with Gasteiger partial charge in [-0.25, -0.2) is 0 Å². The van der Waals surface area contributed by atoms with Crippen molar-refractivity contribution >= 4 is 11.7 Å². The summed E-state index contributed by atoms with van der Waals surface area (Å²) >= 11 is 0. The molecular weight excluding hydrogens is 226 g/mol. The van der Waals surface area contributed by atoms with Crippen LogP contribution in [0.4, 0.5) is 5.69 Å². The first-order valence-electron chi connectivity index (χ1n) is 5.11. The van der Waals surface area contributed by atoms with Gasteiger partial charge in [0, 0.05) is 6.07 Å². The second-order valence-corrected chi connectivity index (χ2v) is 3.48. The van der Waals surface area contributed by atoms with Crippen molar-refractivity contribution in [2.24, 2.45) is 0 Å². The van der Waals surface area contributed by atoms with Crippen molar-refractivity contribution in [3.05, 3.63) is 33.9 Å². The summed E-state index contributed by atoms with van der Waals surface area (Å²) in [7, 11) is 0. The van der Waals surface area contributed by atoms with E-state index in [1.165, 1.54) is 18.2 Å². The van der Waals surface area contributed by atoms with Crippen molar-refractivity contribution in [1.82, 2.24) is 0 Å². The van der Waals surface area contributed by atoms with Gasteiger partial charge in [-0.1, -0.05) is 6.07 Å². The van der Waals surface area contributed by atoms with Gasteiger partial charge in [-0.15, -0.1) is 0 Å². The van der Waals surface area contributed by atoms with Crippen LogP contribution in [0, 0.1) is 10.1 Å². The fourth-order valence-corrected chi connectivity index (χ4v) is 1.36. The number of phenolic OH excluding ortho intramolecular Hbond substituents is 1. The van der Waals surface area contributed by atoms with E-state index >= 15 is 0 Å². The van der Waals surface area contributed by atoms with E-state index in [2.05, 4.69) is 0 Å². The lowest BCUT2D eigenvalue weighted by Gasteiger charge is -2.10. The topological polar surface area (TPSA) is 89.7 Å². The average Bonchev–Trinajstić information content (AvgIpc) is 2.28. The van der Waals surface area contributed by atoms with Crippen molar-refractivity contribution in [3.63, 3.8) is 0 Å². The maximum Gasteiger partial charge on any atom is 0.313 e. The molecule has 1 unspecified atom stereocenters. The predicted octanol–water partition coefficient (Wildman–Crippen LogP) is 1.97. The van der Waals surface area contributed by atoms with E-state index in [-0.39, 0.29) is 6.61 Å². The van der Waals surface area contributed by atoms with E-state index < -0.39 is 28.2 Å². The highest BCUT2D eigenvalue weighted by Crippen LogP contribution is 2.29. The first-order valence-corrected chi connectivity index (χ1v) is 5.11. The molecule has 0 aromatic heterocycles. The number of nitrogens with zero attached hydrogens (tertiary/aromatic N) is 1. The quantitative estimate of drug-likeness (QED) is 0.492. The number of rotatable bonds is 4. The summed E-state index contributed by atoms with van der Waals surface area (Å²) in [5, 5.41) is 19.9. The van der Waals surface area contributed by atoms with Crippen LogP contribution in [-0.4, -0.2) is 22.6 Å². The lowest BCUT2D eigenvalue weighted by atomic mass is 10.0. The third-order valence-corrected chi connectivity index (χ3v) is 2.34. The number of aromatic hydroxyl groups is 1. The zero-order valence-corrected chi connectivity index (χ0v) is 9.54. The second kappa shape index (κ2) is 5.29. The molecular formula is C11H13NO5. The van der Waals surface area contributed by atoms with E-state index in [1.807, 2.05) is 0 Å². The van der Waals surface area contributed by atoms with E-state index in [0.29, 0.717) is 5.56 Å². The van der Waals surface area contributed by atoms with E-state index in [0.717, 1.165) is 0 Å². The summed E-state index contributed by atoms with van der Waals surface area (Å²) in [6.45, 7) is 3.53. The fourth-order valence-electron chi connectivity index (χ4n) is 1.36. The zero-order chi connectivity index (χ0) is 13.0. The minimum Gasteiger partial charge on any atom is -0.502 e. The van der Waals surface area contributed by atoms with Crippen LogP contribution in [0.15, 0.2) is 18.2 Å². The lowest BCUT2D eigenvalue weighted by Crippen LogP contribution is -2.13. The van der Waals surface area contributed by atoms with E-state index in [9.17, 15) is 20.0 Å². The van der Waals surface area contributed by atoms with Crippen molar-refractivity contribution in [3.8, 4) is 5.75 Å². The second-order valence-electron chi connectivity index (χ2n) is 3.48. The number of carbonyl (C=O) groups excluding carboxylic acids is 1. The smallest absolute Gasteiger partial charge is 0.313 e. The van der Waals surface area contributed by atoms with Gasteiger partial charge in [0.1, 0.15) is 0 Å². The molecule has 1 rings (SSSR count). The largest absolute Gasteiger partial charge is 0.502 e. The molecule has 0 aliphatic carbocycles. The monoisotopic (exact) mass is 239 g/mol. The molecule has 1 atom stereocenters. The number of benzene rings is 1. The Bertz CT molecular complexity index is 443. The van der Waals surface area contributed by atoms with Crippen LogP contribution in [0.5, 0.6) is 5.75 Å². The van der Waals surface area contributed by atoms with Gasteiger partial charge in [0.05, 0.1) is 17.4 Å². The minimum atomic E-state index is -0.698. The number of nitro groups is 1. The summed E-state index contributed by atoms with van der Waals surface area (Å²) in [4.78, 5) is 21.4. The van der Waals surface area contributed by atoms with Gasteiger partial charge >= 0.3 is 11.7 Å². The van der Waals surface area contributed by atoms with Crippen molar-refractivity contribution < 1.29 is 19.6 Å². The third kappa shape index (κ3) is 2.93. The van der Waals surface area contributed by atoms with E-state index in [1.54, 1.807) is 13.8 Å². The van der Waals surface area contributed by atoms with Gasteiger partial charge in [0.25, 0.3) is 0 Å². The van der Waals surface area contributed by atoms with Gasteiger partial charge in [0.2, 0.25) is 0 Å². The normalized spacial score (nSPS) is 11.9. The highest BCUT2D eigenvalue weighted by molar-refractivity contribution is 5.78. The SMILES string of the molecule is CCOC(=O)C(C)c1ccc(O)c([N+](=O)[O-])c1. The van der Waals surface area contributed by atoms with Gasteiger partial charge < -0.3 is 9.84 Å². The molecule has 0 saturated carbocycles. The Hall–Kier alpha value is -2.11. The van der Waals surface area contributed by atoms with Crippen LogP contribution >= 0.6 is 0 Å². The average molecular weight is 239 g/mol. The van der Waals surface area contributed by atoms with Crippen LogP contribution in [-0.2, 0) is 9.53 Å². The molecule has 0 heterocycles. The molecule has 6 nitrogen and oxygen atoms in total. The molecule has 0 aliphatic rings. The van der Waals surface area contributed by atoms with E-state index in [4.69, 9.17) is 4.74 Å². The van der Waals surface area contributed by atoms with Crippen LogP contribution in [0.1, 0.15) is 25.3 Å². The number of hydrogen-bond acceptors (Lipinski definition) is 5. The van der Waals surface area contributed by atoms with Crippen LogP contribution in [0.2, 0.25) is 0 Å². The summed E-state index contributed by atoms with van der Waals surface area (Å²) in [5.74, 6) is -1.48.